The molecule has 0 fully saturated rings. The third kappa shape index (κ3) is 5.57. The van der Waals surface area contributed by atoms with E-state index in [1.54, 1.807) is 24.3 Å². The molecule has 0 aromatic heterocycles. The predicted octanol–water partition coefficient (Wildman–Crippen LogP) is 2.63. The van der Waals surface area contributed by atoms with Gasteiger partial charge in [-0.15, -0.1) is 0 Å². The molecule has 1 aromatic rings. The largest absolute Gasteiger partial charge is 0.338 e. The van der Waals surface area contributed by atoms with E-state index >= 15 is 0 Å². The Morgan fingerprint density at radius 3 is 2.60 bits per heavy atom. The van der Waals surface area contributed by atoms with Crippen molar-refractivity contribution in [1.29, 1.82) is 0 Å². The molecule has 0 spiro atoms. The van der Waals surface area contributed by atoms with Crippen molar-refractivity contribution in [3.8, 4) is 0 Å². The van der Waals surface area contributed by atoms with Crippen LogP contribution in [0.3, 0.4) is 0 Å². The van der Waals surface area contributed by atoms with E-state index in [4.69, 9.17) is 0 Å². The van der Waals surface area contributed by atoms with Gasteiger partial charge in [0, 0.05) is 27.2 Å². The second kappa shape index (κ2) is 9.01. The fourth-order valence-corrected chi connectivity index (χ4v) is 3.92. The number of carbonyl (C=O) groups excluding carboxylic acids is 1. The standard InChI is InChI=1S/C18H27N3O3S/c1-21(2)25(23,24)17-11-7-6-10-16(17)14-20-18(22)19-13-12-15-8-4-3-5-9-15/h6-8,10-11H,3-5,9,12-14H2,1-2H3,(H2,19,20,22). The molecule has 0 saturated heterocycles. The average Bonchev–Trinajstić information content (AvgIpc) is 2.61. The van der Waals surface area contributed by atoms with Crippen LogP contribution < -0.4 is 10.6 Å². The molecule has 1 aromatic carbocycles. The first-order valence-corrected chi connectivity index (χ1v) is 10.1. The first kappa shape index (κ1) is 19.5. The van der Waals surface area contributed by atoms with Crippen LogP contribution in [0.4, 0.5) is 4.79 Å². The lowest BCUT2D eigenvalue weighted by atomic mass is 9.97. The summed E-state index contributed by atoms with van der Waals surface area (Å²) in [5.41, 5.74) is 1.98. The Balaban J connectivity index is 1.87. The molecule has 0 aliphatic heterocycles. The summed E-state index contributed by atoms with van der Waals surface area (Å²) in [7, 11) is -0.548. The third-order valence-electron chi connectivity index (χ3n) is 4.29. The second-order valence-corrected chi connectivity index (χ2v) is 8.48. The molecular weight excluding hydrogens is 338 g/mol. The van der Waals surface area contributed by atoms with Crippen LogP contribution in [0.15, 0.2) is 40.8 Å². The first-order valence-electron chi connectivity index (χ1n) is 8.61. The van der Waals surface area contributed by atoms with Crippen LogP contribution in [0.5, 0.6) is 0 Å². The minimum atomic E-state index is -3.53. The van der Waals surface area contributed by atoms with E-state index in [9.17, 15) is 13.2 Å². The highest BCUT2D eigenvalue weighted by Crippen LogP contribution is 2.19. The average molecular weight is 365 g/mol. The number of allylic oxidation sites excluding steroid dienone is 1. The van der Waals surface area contributed by atoms with Crippen LogP contribution in [0, 0.1) is 0 Å². The number of benzene rings is 1. The maximum atomic E-state index is 12.3. The molecule has 1 aliphatic rings. The maximum Gasteiger partial charge on any atom is 0.315 e. The minimum absolute atomic E-state index is 0.164. The van der Waals surface area contributed by atoms with E-state index in [1.165, 1.54) is 36.8 Å². The maximum absolute atomic E-state index is 12.3. The van der Waals surface area contributed by atoms with Gasteiger partial charge in [0.1, 0.15) is 0 Å². The Labute approximate surface area is 150 Å². The molecule has 2 N–H and O–H groups in total. The summed E-state index contributed by atoms with van der Waals surface area (Å²) < 4.78 is 25.8. The summed E-state index contributed by atoms with van der Waals surface area (Å²) >= 11 is 0. The van der Waals surface area contributed by atoms with Gasteiger partial charge in [0.15, 0.2) is 0 Å². The van der Waals surface area contributed by atoms with Gasteiger partial charge in [0.25, 0.3) is 0 Å². The van der Waals surface area contributed by atoms with Crippen LogP contribution in [0.2, 0.25) is 0 Å². The van der Waals surface area contributed by atoms with Crippen molar-refractivity contribution in [3.05, 3.63) is 41.5 Å². The van der Waals surface area contributed by atoms with E-state index in [0.29, 0.717) is 12.1 Å². The van der Waals surface area contributed by atoms with Gasteiger partial charge in [-0.05, 0) is 43.7 Å². The van der Waals surface area contributed by atoms with E-state index < -0.39 is 10.0 Å². The number of sulfonamides is 1. The minimum Gasteiger partial charge on any atom is -0.338 e. The highest BCUT2D eigenvalue weighted by molar-refractivity contribution is 7.89. The number of hydrogen-bond donors (Lipinski definition) is 2. The quantitative estimate of drug-likeness (QED) is 0.729. The van der Waals surface area contributed by atoms with Crippen LogP contribution >= 0.6 is 0 Å². The van der Waals surface area contributed by atoms with Crippen LogP contribution in [0.25, 0.3) is 0 Å². The molecule has 0 unspecified atom stereocenters. The molecule has 138 valence electrons. The van der Waals surface area contributed by atoms with Gasteiger partial charge in [0.05, 0.1) is 4.90 Å². The Bertz CT molecular complexity index is 727. The number of hydrogen-bond acceptors (Lipinski definition) is 3. The lowest BCUT2D eigenvalue weighted by molar-refractivity contribution is 0.240. The summed E-state index contributed by atoms with van der Waals surface area (Å²) in [5.74, 6) is 0. The van der Waals surface area contributed by atoms with E-state index in [2.05, 4.69) is 16.7 Å². The summed E-state index contributed by atoms with van der Waals surface area (Å²) in [6.45, 7) is 0.757. The van der Waals surface area contributed by atoms with Crippen molar-refractivity contribution < 1.29 is 13.2 Å². The molecule has 7 heteroatoms. The Kier molecular flexibility index (Phi) is 7.01. The summed E-state index contributed by atoms with van der Waals surface area (Å²) in [6, 6.07) is 6.42. The monoisotopic (exact) mass is 365 g/mol. The van der Waals surface area contributed by atoms with Gasteiger partial charge in [-0.25, -0.2) is 17.5 Å². The SMILES string of the molecule is CN(C)S(=O)(=O)c1ccccc1CNC(=O)NCCC1=CCCCC1. The molecule has 0 atom stereocenters. The molecule has 0 heterocycles. The van der Waals surface area contributed by atoms with Gasteiger partial charge < -0.3 is 10.6 Å². The molecule has 6 nitrogen and oxygen atoms in total. The zero-order chi connectivity index (χ0) is 18.3. The lowest BCUT2D eigenvalue weighted by Gasteiger charge is -2.16. The van der Waals surface area contributed by atoms with Crippen molar-refractivity contribution >= 4 is 16.1 Å². The van der Waals surface area contributed by atoms with Crippen LogP contribution in [-0.2, 0) is 16.6 Å². The van der Waals surface area contributed by atoms with Crippen molar-refractivity contribution in [2.24, 2.45) is 0 Å². The molecule has 0 radical (unpaired) electrons. The van der Waals surface area contributed by atoms with Crippen molar-refractivity contribution in [1.82, 2.24) is 14.9 Å². The van der Waals surface area contributed by atoms with Crippen molar-refractivity contribution in [2.45, 2.75) is 43.5 Å². The summed E-state index contributed by atoms with van der Waals surface area (Å²) in [5, 5.41) is 5.57. The number of amides is 2. The van der Waals surface area contributed by atoms with E-state index in [0.717, 1.165) is 19.3 Å². The summed E-state index contributed by atoms with van der Waals surface area (Å²) in [6.07, 6.45) is 7.89. The summed E-state index contributed by atoms with van der Waals surface area (Å²) in [4.78, 5) is 12.2. The molecule has 0 bridgehead atoms. The van der Waals surface area contributed by atoms with E-state index in [-0.39, 0.29) is 17.5 Å². The number of nitrogens with one attached hydrogen (secondary N) is 2. The van der Waals surface area contributed by atoms with Crippen LogP contribution in [0.1, 0.15) is 37.7 Å². The molecule has 1 aliphatic carbocycles. The Morgan fingerprint density at radius 1 is 1.16 bits per heavy atom. The van der Waals surface area contributed by atoms with Gasteiger partial charge in [-0.3, -0.25) is 0 Å². The van der Waals surface area contributed by atoms with Gasteiger partial charge in [0.2, 0.25) is 10.0 Å². The Morgan fingerprint density at radius 2 is 1.92 bits per heavy atom. The number of carbonyl (C=O) groups is 1. The highest BCUT2D eigenvalue weighted by Gasteiger charge is 2.20. The second-order valence-electron chi connectivity index (χ2n) is 6.36. The predicted molar refractivity (Wildman–Crippen MR) is 98.7 cm³/mol. The molecule has 0 saturated carbocycles. The van der Waals surface area contributed by atoms with Gasteiger partial charge in [-0.2, -0.15) is 0 Å². The Hall–Kier alpha value is -1.86. The zero-order valence-electron chi connectivity index (χ0n) is 14.9. The topological polar surface area (TPSA) is 78.5 Å². The smallest absolute Gasteiger partial charge is 0.315 e. The first-order chi connectivity index (χ1) is 11.9. The molecule has 25 heavy (non-hydrogen) atoms. The third-order valence-corrected chi connectivity index (χ3v) is 6.20. The van der Waals surface area contributed by atoms with Gasteiger partial charge >= 0.3 is 6.03 Å². The van der Waals surface area contributed by atoms with Crippen molar-refractivity contribution in [2.75, 3.05) is 20.6 Å². The highest BCUT2D eigenvalue weighted by atomic mass is 32.2. The lowest BCUT2D eigenvalue weighted by Crippen LogP contribution is -2.36. The zero-order valence-corrected chi connectivity index (χ0v) is 15.7. The van der Waals surface area contributed by atoms with Gasteiger partial charge in [-0.1, -0.05) is 29.8 Å². The number of nitrogens with zero attached hydrogens (tertiary/aromatic N) is 1. The van der Waals surface area contributed by atoms with E-state index in [1.807, 2.05) is 0 Å². The molecular formula is C18H27N3O3S. The molecule has 2 amide bonds. The number of urea groups is 1. The fourth-order valence-electron chi connectivity index (χ4n) is 2.80. The number of rotatable bonds is 7. The normalized spacial score (nSPS) is 14.9. The molecule has 2 rings (SSSR count). The fraction of sp³-hybridized carbons (Fsp3) is 0.500. The van der Waals surface area contributed by atoms with Crippen LogP contribution in [-0.4, -0.2) is 39.4 Å². The van der Waals surface area contributed by atoms with Crippen molar-refractivity contribution in [3.63, 3.8) is 0 Å².